The average molecular weight is 212 g/mol. The third kappa shape index (κ3) is 6.37. The van der Waals surface area contributed by atoms with Gasteiger partial charge in [-0.3, -0.25) is 0 Å². The molecule has 1 fully saturated rings. The number of rotatable bonds is 6. The van der Waals surface area contributed by atoms with Gasteiger partial charge in [0.25, 0.3) is 0 Å². The second kappa shape index (κ2) is 5.99. The van der Waals surface area contributed by atoms with Crippen molar-refractivity contribution in [3.8, 4) is 0 Å². The van der Waals surface area contributed by atoms with Gasteiger partial charge in [0.2, 0.25) is 0 Å². The van der Waals surface area contributed by atoms with Crippen molar-refractivity contribution in [2.45, 2.75) is 65.0 Å². The van der Waals surface area contributed by atoms with Crippen molar-refractivity contribution in [3.05, 3.63) is 0 Å². The van der Waals surface area contributed by atoms with Crippen LogP contribution in [0.3, 0.4) is 0 Å². The summed E-state index contributed by atoms with van der Waals surface area (Å²) in [4.78, 5) is 11.4. The van der Waals surface area contributed by atoms with E-state index >= 15 is 0 Å². The van der Waals surface area contributed by atoms with Gasteiger partial charge in [-0.2, -0.15) is 0 Å². The number of carbonyl (C=O) groups excluding carboxylic acids is 1. The van der Waals surface area contributed by atoms with E-state index < -0.39 is 0 Å². The van der Waals surface area contributed by atoms with Crippen LogP contribution in [0.15, 0.2) is 0 Å². The molecule has 3 nitrogen and oxygen atoms in total. The van der Waals surface area contributed by atoms with Crippen molar-refractivity contribution >= 4 is 6.03 Å². The summed E-state index contributed by atoms with van der Waals surface area (Å²) in [5, 5.41) is 5.91. The smallest absolute Gasteiger partial charge is 0.315 e. The number of carbonyl (C=O) groups is 1. The maximum absolute atomic E-state index is 11.4. The molecule has 0 bridgehead atoms. The van der Waals surface area contributed by atoms with E-state index in [9.17, 15) is 4.79 Å². The van der Waals surface area contributed by atoms with Crippen LogP contribution in [-0.2, 0) is 0 Å². The van der Waals surface area contributed by atoms with E-state index in [1.807, 2.05) is 0 Å². The van der Waals surface area contributed by atoms with Crippen molar-refractivity contribution in [2.75, 3.05) is 0 Å². The molecule has 2 N–H and O–H groups in total. The zero-order chi connectivity index (χ0) is 11.3. The first-order valence-corrected chi connectivity index (χ1v) is 6.15. The Hall–Kier alpha value is -0.730. The molecule has 0 unspecified atom stereocenters. The van der Waals surface area contributed by atoms with Gasteiger partial charge in [0.05, 0.1) is 0 Å². The van der Waals surface area contributed by atoms with Gasteiger partial charge in [-0.1, -0.05) is 26.7 Å². The molecule has 1 aliphatic carbocycles. The summed E-state index contributed by atoms with van der Waals surface area (Å²) >= 11 is 0. The predicted octanol–water partition coefficient (Wildman–Crippen LogP) is 2.66. The summed E-state index contributed by atoms with van der Waals surface area (Å²) in [7, 11) is 0. The van der Waals surface area contributed by atoms with Crippen LogP contribution in [0.4, 0.5) is 4.79 Å². The third-order valence-corrected chi connectivity index (χ3v) is 2.71. The Labute approximate surface area is 93.0 Å². The zero-order valence-corrected chi connectivity index (χ0v) is 10.2. The van der Waals surface area contributed by atoms with Crippen LogP contribution in [0.1, 0.15) is 52.9 Å². The average Bonchev–Trinajstić information content (AvgIpc) is 2.86. The normalized spacial score (nSPS) is 17.6. The molecule has 1 saturated carbocycles. The fourth-order valence-electron chi connectivity index (χ4n) is 1.58. The van der Waals surface area contributed by atoms with E-state index in [1.165, 1.54) is 12.8 Å². The minimum Gasteiger partial charge on any atom is -0.336 e. The highest BCUT2D eigenvalue weighted by Crippen LogP contribution is 2.18. The van der Waals surface area contributed by atoms with Crippen LogP contribution in [0.25, 0.3) is 0 Å². The molecule has 1 rings (SSSR count). The highest BCUT2D eigenvalue weighted by Gasteiger charge is 2.23. The Morgan fingerprint density at radius 3 is 2.47 bits per heavy atom. The predicted molar refractivity (Wildman–Crippen MR) is 62.8 cm³/mol. The molecule has 0 radical (unpaired) electrons. The number of hydrogen-bond donors (Lipinski definition) is 2. The number of amides is 2. The lowest BCUT2D eigenvalue weighted by atomic mass is 10.0. The third-order valence-electron chi connectivity index (χ3n) is 2.71. The van der Waals surface area contributed by atoms with Crippen LogP contribution < -0.4 is 10.6 Å². The van der Waals surface area contributed by atoms with E-state index in [1.54, 1.807) is 0 Å². The molecule has 0 spiro atoms. The topological polar surface area (TPSA) is 41.1 Å². The van der Waals surface area contributed by atoms with E-state index in [2.05, 4.69) is 31.4 Å². The summed E-state index contributed by atoms with van der Waals surface area (Å²) in [6, 6.07) is 0.755. The summed E-state index contributed by atoms with van der Waals surface area (Å²) in [6.07, 6.45) is 5.82. The van der Waals surface area contributed by atoms with Gasteiger partial charge >= 0.3 is 6.03 Å². The zero-order valence-electron chi connectivity index (χ0n) is 10.2. The number of hydrogen-bond acceptors (Lipinski definition) is 1. The Bertz CT molecular complexity index is 200. The minimum atomic E-state index is 0.00884. The first-order chi connectivity index (χ1) is 7.08. The molecule has 15 heavy (non-hydrogen) atoms. The fraction of sp³-hybridized carbons (Fsp3) is 0.917. The molecule has 0 aliphatic heterocycles. The second-order valence-corrected chi connectivity index (χ2v) is 5.12. The van der Waals surface area contributed by atoms with E-state index in [0.29, 0.717) is 12.1 Å². The molecule has 0 heterocycles. The molecular formula is C12H24N2O. The van der Waals surface area contributed by atoms with Crippen molar-refractivity contribution in [2.24, 2.45) is 5.92 Å². The van der Waals surface area contributed by atoms with Crippen LogP contribution >= 0.6 is 0 Å². The molecule has 0 aromatic rings. The van der Waals surface area contributed by atoms with Crippen LogP contribution in [-0.4, -0.2) is 18.1 Å². The Morgan fingerprint density at radius 1 is 1.27 bits per heavy atom. The van der Waals surface area contributed by atoms with E-state index in [-0.39, 0.29) is 6.03 Å². The van der Waals surface area contributed by atoms with Crippen molar-refractivity contribution in [3.63, 3.8) is 0 Å². The number of nitrogens with one attached hydrogen (secondary N) is 2. The SMILES string of the molecule is CC(C)CCC[C@@H](C)NC(=O)NC1CC1. The molecule has 1 aliphatic rings. The molecule has 0 saturated heterocycles. The lowest BCUT2D eigenvalue weighted by Gasteiger charge is -2.14. The van der Waals surface area contributed by atoms with Gasteiger partial charge < -0.3 is 10.6 Å². The lowest BCUT2D eigenvalue weighted by Crippen LogP contribution is -2.41. The Morgan fingerprint density at radius 2 is 1.93 bits per heavy atom. The van der Waals surface area contributed by atoms with Crippen LogP contribution in [0.2, 0.25) is 0 Å². The van der Waals surface area contributed by atoms with Gasteiger partial charge in [0.1, 0.15) is 0 Å². The summed E-state index contributed by atoms with van der Waals surface area (Å²) in [6.45, 7) is 6.54. The molecule has 2 amide bonds. The lowest BCUT2D eigenvalue weighted by molar-refractivity contribution is 0.236. The monoisotopic (exact) mass is 212 g/mol. The van der Waals surface area contributed by atoms with Gasteiger partial charge in [-0.25, -0.2) is 4.79 Å². The fourth-order valence-corrected chi connectivity index (χ4v) is 1.58. The van der Waals surface area contributed by atoms with Crippen molar-refractivity contribution in [1.82, 2.24) is 10.6 Å². The molecule has 0 aromatic heterocycles. The maximum atomic E-state index is 11.4. The van der Waals surface area contributed by atoms with Crippen molar-refractivity contribution < 1.29 is 4.79 Å². The summed E-state index contributed by atoms with van der Waals surface area (Å²) < 4.78 is 0. The van der Waals surface area contributed by atoms with Gasteiger partial charge in [-0.15, -0.1) is 0 Å². The quantitative estimate of drug-likeness (QED) is 0.698. The second-order valence-electron chi connectivity index (χ2n) is 5.12. The maximum Gasteiger partial charge on any atom is 0.315 e. The molecular weight excluding hydrogens is 188 g/mol. The van der Waals surface area contributed by atoms with Crippen LogP contribution in [0.5, 0.6) is 0 Å². The van der Waals surface area contributed by atoms with E-state index in [0.717, 1.165) is 25.2 Å². The molecule has 88 valence electrons. The van der Waals surface area contributed by atoms with Crippen LogP contribution in [0, 0.1) is 5.92 Å². The first kappa shape index (κ1) is 12.3. The molecule has 3 heteroatoms. The van der Waals surface area contributed by atoms with Gasteiger partial charge in [-0.05, 0) is 32.1 Å². The number of urea groups is 1. The highest BCUT2D eigenvalue weighted by atomic mass is 16.2. The van der Waals surface area contributed by atoms with Gasteiger partial charge in [0.15, 0.2) is 0 Å². The van der Waals surface area contributed by atoms with Crippen molar-refractivity contribution in [1.29, 1.82) is 0 Å². The summed E-state index contributed by atoms with van der Waals surface area (Å²) in [5.74, 6) is 0.762. The summed E-state index contributed by atoms with van der Waals surface area (Å²) in [5.41, 5.74) is 0. The minimum absolute atomic E-state index is 0.00884. The first-order valence-electron chi connectivity index (χ1n) is 6.15. The largest absolute Gasteiger partial charge is 0.336 e. The Balaban J connectivity index is 2.00. The molecule has 0 aromatic carbocycles. The Kier molecular flexibility index (Phi) is 4.92. The van der Waals surface area contributed by atoms with Gasteiger partial charge in [0, 0.05) is 12.1 Å². The standard InChI is InChI=1S/C12H24N2O/c1-9(2)5-4-6-10(3)13-12(15)14-11-7-8-11/h9-11H,4-8H2,1-3H3,(H2,13,14,15)/t10-/m1/s1. The highest BCUT2D eigenvalue weighted by molar-refractivity contribution is 5.74. The van der Waals surface area contributed by atoms with E-state index in [4.69, 9.17) is 0 Å². The molecule has 1 atom stereocenters.